The molecule has 0 spiro atoms. The quantitative estimate of drug-likeness (QED) is 0.549. The van der Waals surface area contributed by atoms with Gasteiger partial charge in [0, 0.05) is 17.5 Å². The summed E-state index contributed by atoms with van der Waals surface area (Å²) in [6.07, 6.45) is 3.32. The summed E-state index contributed by atoms with van der Waals surface area (Å²) in [5.41, 5.74) is 0. The van der Waals surface area contributed by atoms with E-state index >= 15 is 0 Å². The first kappa shape index (κ1) is 19.8. The second kappa shape index (κ2) is 8.86. The van der Waals surface area contributed by atoms with Crippen molar-refractivity contribution in [2.45, 2.75) is 57.0 Å². The average Bonchev–Trinajstić information content (AvgIpc) is 3.18. The molecular weight excluding hydrogens is 386 g/mol. The minimum Gasteiger partial charge on any atom is -0.483 e. The van der Waals surface area contributed by atoms with Crippen LogP contribution in [0.3, 0.4) is 0 Å². The Bertz CT molecular complexity index is 975. The Labute approximate surface area is 174 Å². The Kier molecular flexibility index (Phi) is 6.04. The fourth-order valence-electron chi connectivity index (χ4n) is 3.93. The normalized spacial score (nSPS) is 19.4. The molecule has 0 bridgehead atoms. The van der Waals surface area contributed by atoms with Gasteiger partial charge in [-0.05, 0) is 44.6 Å². The SMILES string of the molecule is C[C@@H]1CCC[C@@H](C)N1C(=O)CSc1nnc(COc2cccc3ccccc23)o1. The molecule has 7 heteroatoms. The number of fused-ring (bicyclic) bond motifs is 1. The summed E-state index contributed by atoms with van der Waals surface area (Å²) in [6.45, 7) is 4.43. The highest BCUT2D eigenvalue weighted by molar-refractivity contribution is 7.99. The van der Waals surface area contributed by atoms with E-state index < -0.39 is 0 Å². The maximum atomic E-state index is 12.6. The lowest BCUT2D eigenvalue weighted by atomic mass is 9.98. The van der Waals surface area contributed by atoms with Crippen molar-refractivity contribution in [3.8, 4) is 5.75 Å². The van der Waals surface area contributed by atoms with Gasteiger partial charge in [-0.25, -0.2) is 0 Å². The number of carbonyl (C=O) groups excluding carboxylic acids is 1. The topological polar surface area (TPSA) is 68.5 Å². The molecule has 4 rings (SSSR count). The van der Waals surface area contributed by atoms with Crippen LogP contribution in [0.1, 0.15) is 39.0 Å². The predicted molar refractivity (Wildman–Crippen MR) is 113 cm³/mol. The van der Waals surface area contributed by atoms with E-state index in [1.807, 2.05) is 47.4 Å². The largest absolute Gasteiger partial charge is 0.483 e. The van der Waals surface area contributed by atoms with Crippen molar-refractivity contribution in [1.29, 1.82) is 0 Å². The summed E-state index contributed by atoms with van der Waals surface area (Å²) < 4.78 is 11.5. The van der Waals surface area contributed by atoms with Gasteiger partial charge in [0.15, 0.2) is 6.61 Å². The molecule has 2 aromatic carbocycles. The minimum absolute atomic E-state index is 0.126. The molecule has 0 aliphatic carbocycles. The molecule has 3 aromatic rings. The van der Waals surface area contributed by atoms with Crippen molar-refractivity contribution in [3.05, 3.63) is 48.4 Å². The number of likely N-dealkylation sites (tertiary alicyclic amines) is 1. The second-order valence-electron chi connectivity index (χ2n) is 7.45. The van der Waals surface area contributed by atoms with Crippen molar-refractivity contribution in [2.75, 3.05) is 5.75 Å². The molecule has 29 heavy (non-hydrogen) atoms. The fraction of sp³-hybridized carbons (Fsp3) is 0.409. The average molecular weight is 412 g/mol. The number of amides is 1. The lowest BCUT2D eigenvalue weighted by Crippen LogP contribution is -2.48. The van der Waals surface area contributed by atoms with Gasteiger partial charge in [0.25, 0.3) is 11.1 Å². The Morgan fingerprint density at radius 3 is 2.72 bits per heavy atom. The smallest absolute Gasteiger partial charge is 0.277 e. The number of hydrogen-bond donors (Lipinski definition) is 0. The summed E-state index contributed by atoms with van der Waals surface area (Å²) in [5, 5.41) is 10.6. The summed E-state index contributed by atoms with van der Waals surface area (Å²) in [6, 6.07) is 14.6. The van der Waals surface area contributed by atoms with Gasteiger partial charge in [-0.1, -0.05) is 48.2 Å². The highest BCUT2D eigenvalue weighted by Crippen LogP contribution is 2.27. The van der Waals surface area contributed by atoms with Gasteiger partial charge < -0.3 is 14.1 Å². The Balaban J connectivity index is 1.33. The van der Waals surface area contributed by atoms with E-state index in [2.05, 4.69) is 24.0 Å². The van der Waals surface area contributed by atoms with Crippen LogP contribution in [-0.4, -0.2) is 38.8 Å². The van der Waals surface area contributed by atoms with Gasteiger partial charge in [0.05, 0.1) is 5.75 Å². The first-order chi connectivity index (χ1) is 14.1. The lowest BCUT2D eigenvalue weighted by molar-refractivity contribution is -0.134. The van der Waals surface area contributed by atoms with E-state index in [9.17, 15) is 4.79 Å². The van der Waals surface area contributed by atoms with Crippen LogP contribution in [0.15, 0.2) is 52.1 Å². The van der Waals surface area contributed by atoms with Crippen molar-refractivity contribution in [2.24, 2.45) is 0 Å². The first-order valence-electron chi connectivity index (χ1n) is 9.98. The summed E-state index contributed by atoms with van der Waals surface area (Å²) in [7, 11) is 0. The molecule has 2 heterocycles. The molecule has 6 nitrogen and oxygen atoms in total. The van der Waals surface area contributed by atoms with E-state index in [-0.39, 0.29) is 12.5 Å². The van der Waals surface area contributed by atoms with Crippen LogP contribution in [-0.2, 0) is 11.4 Å². The highest BCUT2D eigenvalue weighted by atomic mass is 32.2. The van der Waals surface area contributed by atoms with E-state index in [0.717, 1.165) is 29.4 Å². The number of hydrogen-bond acceptors (Lipinski definition) is 6. The molecule has 152 valence electrons. The maximum absolute atomic E-state index is 12.6. The molecule has 1 aliphatic heterocycles. The summed E-state index contributed by atoms with van der Waals surface area (Å²) >= 11 is 1.28. The number of piperidine rings is 1. The zero-order valence-corrected chi connectivity index (χ0v) is 17.5. The molecule has 0 unspecified atom stereocenters. The Hall–Kier alpha value is -2.54. The van der Waals surface area contributed by atoms with E-state index in [1.165, 1.54) is 18.2 Å². The third-order valence-electron chi connectivity index (χ3n) is 5.35. The third-order valence-corrected chi connectivity index (χ3v) is 6.15. The van der Waals surface area contributed by atoms with Gasteiger partial charge in [-0.2, -0.15) is 0 Å². The molecule has 2 atom stereocenters. The number of carbonyl (C=O) groups is 1. The minimum atomic E-state index is 0.126. The van der Waals surface area contributed by atoms with E-state index in [0.29, 0.717) is 29.0 Å². The molecule has 0 N–H and O–H groups in total. The molecule has 1 saturated heterocycles. The monoisotopic (exact) mass is 411 g/mol. The van der Waals surface area contributed by atoms with Gasteiger partial charge in [0.1, 0.15) is 5.75 Å². The van der Waals surface area contributed by atoms with Gasteiger partial charge in [-0.15, -0.1) is 10.2 Å². The highest BCUT2D eigenvalue weighted by Gasteiger charge is 2.29. The number of thioether (sulfide) groups is 1. The van der Waals surface area contributed by atoms with Gasteiger partial charge in [-0.3, -0.25) is 4.79 Å². The molecular formula is C22H25N3O3S. The standard InChI is InChI=1S/C22H25N3O3S/c1-15-7-5-8-16(2)25(15)21(26)14-29-22-24-23-20(28-22)13-27-19-12-6-10-17-9-3-4-11-18(17)19/h3-4,6,9-12,15-16H,5,7-8,13-14H2,1-2H3/t15-,16-/m1/s1. The van der Waals surface area contributed by atoms with E-state index in [4.69, 9.17) is 9.15 Å². The van der Waals surface area contributed by atoms with Crippen LogP contribution in [0.5, 0.6) is 5.75 Å². The number of aromatic nitrogens is 2. The zero-order valence-electron chi connectivity index (χ0n) is 16.7. The molecule has 1 aromatic heterocycles. The Morgan fingerprint density at radius 1 is 1.14 bits per heavy atom. The molecule has 1 aliphatic rings. The fourth-order valence-corrected chi connectivity index (χ4v) is 4.58. The van der Waals surface area contributed by atoms with Crippen LogP contribution in [0.25, 0.3) is 10.8 Å². The maximum Gasteiger partial charge on any atom is 0.277 e. The van der Waals surface area contributed by atoms with Crippen LogP contribution in [0, 0.1) is 0 Å². The van der Waals surface area contributed by atoms with Crippen molar-refractivity contribution in [1.82, 2.24) is 15.1 Å². The third kappa shape index (κ3) is 4.56. The second-order valence-corrected chi connectivity index (χ2v) is 8.37. The van der Waals surface area contributed by atoms with Gasteiger partial charge in [0.2, 0.25) is 5.91 Å². The predicted octanol–water partition coefficient (Wildman–Crippen LogP) is 4.68. The van der Waals surface area contributed by atoms with E-state index in [1.54, 1.807) is 0 Å². The van der Waals surface area contributed by atoms with Crippen LogP contribution < -0.4 is 4.74 Å². The molecule has 0 radical (unpaired) electrons. The van der Waals surface area contributed by atoms with Crippen LogP contribution in [0.2, 0.25) is 0 Å². The van der Waals surface area contributed by atoms with Gasteiger partial charge >= 0.3 is 0 Å². The Morgan fingerprint density at radius 2 is 1.90 bits per heavy atom. The molecule has 1 fully saturated rings. The number of ether oxygens (including phenoxy) is 1. The summed E-state index contributed by atoms with van der Waals surface area (Å²) in [4.78, 5) is 14.6. The lowest BCUT2D eigenvalue weighted by Gasteiger charge is -2.39. The number of nitrogens with zero attached hydrogens (tertiary/aromatic N) is 3. The number of rotatable bonds is 6. The van der Waals surface area contributed by atoms with Crippen molar-refractivity contribution in [3.63, 3.8) is 0 Å². The van der Waals surface area contributed by atoms with Crippen LogP contribution >= 0.6 is 11.8 Å². The first-order valence-corrected chi connectivity index (χ1v) is 11.0. The molecule has 0 saturated carbocycles. The van der Waals surface area contributed by atoms with Crippen LogP contribution in [0.4, 0.5) is 0 Å². The zero-order chi connectivity index (χ0) is 20.2. The summed E-state index contributed by atoms with van der Waals surface area (Å²) in [5.74, 6) is 1.60. The van der Waals surface area contributed by atoms with Crippen molar-refractivity contribution < 1.29 is 13.9 Å². The molecule has 1 amide bonds. The van der Waals surface area contributed by atoms with Crippen molar-refractivity contribution >= 4 is 28.4 Å². The number of benzene rings is 2.